The summed E-state index contributed by atoms with van der Waals surface area (Å²) >= 11 is 0. The molecule has 0 saturated carbocycles. The van der Waals surface area contributed by atoms with Gasteiger partial charge in [0, 0.05) is 26.2 Å². The van der Waals surface area contributed by atoms with Gasteiger partial charge >= 0.3 is 5.97 Å². The van der Waals surface area contributed by atoms with Crippen LogP contribution >= 0.6 is 0 Å². The topological polar surface area (TPSA) is 60.9 Å². The molecule has 1 N–H and O–H groups in total. The fraction of sp³-hybridized carbons (Fsp3) is 0.300. The summed E-state index contributed by atoms with van der Waals surface area (Å²) in [6.45, 7) is 3.37. The Morgan fingerprint density at radius 2 is 1.60 bits per heavy atom. The van der Waals surface area contributed by atoms with E-state index < -0.39 is 5.97 Å². The monoisotopic (exact) mass is 338 g/mol. The standard InChI is InChI=1S/C20H22N2O3/c1-21-8-10-22(11-9-21)19(23)13-15-4-2-5-16(12-15)17-6-3-7-18(14-17)20(24)25/h2-7,12,14H,8-11,13H2,1H3,(H,24,25). The number of rotatable bonds is 4. The highest BCUT2D eigenvalue weighted by molar-refractivity contribution is 5.89. The molecule has 0 atom stereocenters. The Kier molecular flexibility index (Phi) is 5.14. The van der Waals surface area contributed by atoms with Crippen molar-refractivity contribution in [1.29, 1.82) is 0 Å². The summed E-state index contributed by atoms with van der Waals surface area (Å²) in [7, 11) is 2.07. The number of hydrogen-bond acceptors (Lipinski definition) is 3. The Labute approximate surface area is 147 Å². The smallest absolute Gasteiger partial charge is 0.335 e. The van der Waals surface area contributed by atoms with Gasteiger partial charge in [-0.2, -0.15) is 0 Å². The molecule has 5 nitrogen and oxygen atoms in total. The van der Waals surface area contributed by atoms with Crippen molar-refractivity contribution in [2.45, 2.75) is 6.42 Å². The first-order valence-corrected chi connectivity index (χ1v) is 8.42. The molecule has 1 aliphatic heterocycles. The lowest BCUT2D eigenvalue weighted by Gasteiger charge is -2.32. The lowest BCUT2D eigenvalue weighted by molar-refractivity contribution is -0.132. The predicted molar refractivity (Wildman–Crippen MR) is 96.6 cm³/mol. The van der Waals surface area contributed by atoms with Gasteiger partial charge in [-0.15, -0.1) is 0 Å². The van der Waals surface area contributed by atoms with Crippen molar-refractivity contribution in [1.82, 2.24) is 9.80 Å². The molecule has 0 aromatic heterocycles. The molecule has 0 unspecified atom stereocenters. The van der Waals surface area contributed by atoms with Gasteiger partial charge < -0.3 is 14.9 Å². The molecule has 1 heterocycles. The summed E-state index contributed by atoms with van der Waals surface area (Å²) in [4.78, 5) is 27.8. The van der Waals surface area contributed by atoms with Crippen LogP contribution in [-0.4, -0.2) is 60.0 Å². The predicted octanol–water partition coefficient (Wildman–Crippen LogP) is 2.37. The summed E-state index contributed by atoms with van der Waals surface area (Å²) in [5.74, 6) is -0.798. The number of nitrogens with zero attached hydrogens (tertiary/aromatic N) is 2. The zero-order valence-electron chi connectivity index (χ0n) is 14.3. The normalized spacial score (nSPS) is 15.2. The minimum Gasteiger partial charge on any atom is -0.478 e. The van der Waals surface area contributed by atoms with Gasteiger partial charge in [0.05, 0.1) is 12.0 Å². The lowest BCUT2D eigenvalue weighted by atomic mass is 10.00. The average molecular weight is 338 g/mol. The number of hydrogen-bond donors (Lipinski definition) is 1. The van der Waals surface area contributed by atoms with E-state index in [4.69, 9.17) is 5.11 Å². The maximum absolute atomic E-state index is 12.5. The highest BCUT2D eigenvalue weighted by atomic mass is 16.4. The van der Waals surface area contributed by atoms with Crippen LogP contribution in [0.2, 0.25) is 0 Å². The van der Waals surface area contributed by atoms with E-state index in [-0.39, 0.29) is 11.5 Å². The first-order valence-electron chi connectivity index (χ1n) is 8.42. The molecule has 25 heavy (non-hydrogen) atoms. The average Bonchev–Trinajstić information content (AvgIpc) is 2.62. The molecule has 1 fully saturated rings. The lowest BCUT2D eigenvalue weighted by Crippen LogP contribution is -2.47. The van der Waals surface area contributed by atoms with Crippen molar-refractivity contribution >= 4 is 11.9 Å². The highest BCUT2D eigenvalue weighted by Crippen LogP contribution is 2.22. The van der Waals surface area contributed by atoms with E-state index in [0.717, 1.165) is 42.9 Å². The molecule has 5 heteroatoms. The molecular weight excluding hydrogens is 316 g/mol. The van der Waals surface area contributed by atoms with E-state index in [1.807, 2.05) is 35.2 Å². The Morgan fingerprint density at radius 3 is 2.28 bits per heavy atom. The second-order valence-corrected chi connectivity index (χ2v) is 6.45. The quantitative estimate of drug-likeness (QED) is 0.930. The summed E-state index contributed by atoms with van der Waals surface area (Å²) in [5, 5.41) is 9.14. The number of carbonyl (C=O) groups is 2. The van der Waals surface area contributed by atoms with E-state index in [0.29, 0.717) is 6.42 Å². The molecule has 0 radical (unpaired) electrons. The molecule has 0 aliphatic carbocycles. The van der Waals surface area contributed by atoms with E-state index in [2.05, 4.69) is 11.9 Å². The number of likely N-dealkylation sites (N-methyl/N-ethyl adjacent to an activating group) is 1. The van der Waals surface area contributed by atoms with Crippen molar-refractivity contribution < 1.29 is 14.7 Å². The fourth-order valence-corrected chi connectivity index (χ4v) is 3.03. The zero-order chi connectivity index (χ0) is 17.8. The van der Waals surface area contributed by atoms with Crippen molar-refractivity contribution in [3.05, 3.63) is 59.7 Å². The van der Waals surface area contributed by atoms with E-state index in [1.165, 1.54) is 0 Å². The number of aromatic carboxylic acids is 1. The minimum atomic E-state index is -0.941. The third kappa shape index (κ3) is 4.25. The van der Waals surface area contributed by atoms with Crippen LogP contribution < -0.4 is 0 Å². The number of piperazine rings is 1. The minimum absolute atomic E-state index is 0.143. The Hall–Kier alpha value is -2.66. The summed E-state index contributed by atoms with van der Waals surface area (Å²) in [6, 6.07) is 14.6. The molecule has 1 aliphatic rings. The number of benzene rings is 2. The van der Waals surface area contributed by atoms with Gasteiger partial charge in [0.2, 0.25) is 5.91 Å². The Bertz CT molecular complexity index is 780. The van der Waals surface area contributed by atoms with Crippen molar-refractivity contribution in [3.8, 4) is 11.1 Å². The summed E-state index contributed by atoms with van der Waals surface area (Å²) in [6.07, 6.45) is 0.371. The van der Waals surface area contributed by atoms with Crippen LogP contribution in [0.25, 0.3) is 11.1 Å². The van der Waals surface area contributed by atoms with Gasteiger partial charge in [-0.3, -0.25) is 4.79 Å². The van der Waals surface area contributed by atoms with Crippen LogP contribution in [0.4, 0.5) is 0 Å². The number of carboxylic acids is 1. The van der Waals surface area contributed by atoms with Crippen molar-refractivity contribution in [2.24, 2.45) is 0 Å². The van der Waals surface area contributed by atoms with E-state index in [1.54, 1.807) is 18.2 Å². The van der Waals surface area contributed by atoms with E-state index in [9.17, 15) is 9.59 Å². The first-order chi connectivity index (χ1) is 12.0. The maximum atomic E-state index is 12.5. The van der Waals surface area contributed by atoms with Crippen molar-refractivity contribution in [3.63, 3.8) is 0 Å². The largest absolute Gasteiger partial charge is 0.478 e. The number of carboxylic acid groups (broad SMARTS) is 1. The van der Waals surface area contributed by atoms with Crippen LogP contribution in [0.5, 0.6) is 0 Å². The molecule has 1 saturated heterocycles. The van der Waals surface area contributed by atoms with Gasteiger partial charge in [0.15, 0.2) is 0 Å². The third-order valence-electron chi connectivity index (χ3n) is 4.58. The molecule has 0 spiro atoms. The Balaban J connectivity index is 1.74. The second kappa shape index (κ2) is 7.49. The van der Waals surface area contributed by atoms with Gasteiger partial charge in [0.1, 0.15) is 0 Å². The first kappa shape index (κ1) is 17.2. The molecule has 130 valence electrons. The van der Waals surface area contributed by atoms with Crippen LogP contribution in [0.1, 0.15) is 15.9 Å². The van der Waals surface area contributed by atoms with E-state index >= 15 is 0 Å². The molecule has 2 aromatic carbocycles. The van der Waals surface area contributed by atoms with Crippen LogP contribution in [0.3, 0.4) is 0 Å². The van der Waals surface area contributed by atoms with Gasteiger partial charge in [-0.05, 0) is 35.9 Å². The second-order valence-electron chi connectivity index (χ2n) is 6.45. The molecule has 1 amide bonds. The van der Waals surface area contributed by atoms with Crippen LogP contribution in [0.15, 0.2) is 48.5 Å². The zero-order valence-corrected chi connectivity index (χ0v) is 14.3. The number of carbonyl (C=O) groups excluding carboxylic acids is 1. The third-order valence-corrected chi connectivity index (χ3v) is 4.58. The van der Waals surface area contributed by atoms with Gasteiger partial charge in [0.25, 0.3) is 0 Å². The van der Waals surface area contributed by atoms with Crippen LogP contribution in [-0.2, 0) is 11.2 Å². The molecule has 2 aromatic rings. The molecule has 0 bridgehead atoms. The summed E-state index contributed by atoms with van der Waals surface area (Å²) < 4.78 is 0. The molecular formula is C20H22N2O3. The van der Waals surface area contributed by atoms with Gasteiger partial charge in [-0.25, -0.2) is 4.79 Å². The fourth-order valence-electron chi connectivity index (χ4n) is 3.03. The Morgan fingerprint density at radius 1 is 0.960 bits per heavy atom. The van der Waals surface area contributed by atoms with Crippen molar-refractivity contribution in [2.75, 3.05) is 33.2 Å². The van der Waals surface area contributed by atoms with Gasteiger partial charge in [-0.1, -0.05) is 36.4 Å². The number of amides is 1. The van der Waals surface area contributed by atoms with Crippen LogP contribution in [0, 0.1) is 0 Å². The highest BCUT2D eigenvalue weighted by Gasteiger charge is 2.19. The summed E-state index contributed by atoms with van der Waals surface area (Å²) in [5.41, 5.74) is 2.97. The maximum Gasteiger partial charge on any atom is 0.335 e. The SMILES string of the molecule is CN1CCN(C(=O)Cc2cccc(-c3cccc(C(=O)O)c3)c2)CC1. The molecule has 3 rings (SSSR count).